The van der Waals surface area contributed by atoms with Gasteiger partial charge in [0.05, 0.1) is 23.8 Å². The molecule has 5 unspecified atom stereocenters. The van der Waals surface area contributed by atoms with Gasteiger partial charge in [0.15, 0.2) is 12.4 Å². The summed E-state index contributed by atoms with van der Waals surface area (Å²) in [5.41, 5.74) is 3.24. The fourth-order valence-electron chi connectivity index (χ4n) is 4.18. The highest BCUT2D eigenvalue weighted by Crippen LogP contribution is 2.43. The first-order valence-corrected chi connectivity index (χ1v) is 13.4. The topological polar surface area (TPSA) is 107 Å². The van der Waals surface area contributed by atoms with E-state index in [2.05, 4.69) is 17.2 Å². The molecule has 0 aliphatic carbocycles. The lowest BCUT2D eigenvalue weighted by atomic mass is 9.91. The predicted octanol–water partition coefficient (Wildman–Crippen LogP) is 5.05. The highest BCUT2D eigenvalue weighted by molar-refractivity contribution is 7.99. The number of hydrogen-bond acceptors (Lipinski definition) is 8. The number of aliphatic hydroxyl groups is 1. The van der Waals surface area contributed by atoms with Crippen LogP contribution < -0.4 is 5.32 Å². The molecule has 0 radical (unpaired) electrons. The molecule has 38 heavy (non-hydrogen) atoms. The zero-order chi connectivity index (χ0) is 27.1. The standard InChI is InChI=1S/C29H32N2O6S/c1-18-25(17-38-26-6-4-5-15-30-26)36-29(37-27(18)22-9-7-21(16-32)8-10-22)23-11-13-24(14-12-23)31-28(34)19(2)35-20(3)33/h4-15,18-19,25,27,29,32H,16-17H2,1-3H3,(H,31,34). The number of nitrogens with one attached hydrogen (secondary N) is 1. The second-order valence-corrected chi connectivity index (χ2v) is 10.2. The lowest BCUT2D eigenvalue weighted by Crippen LogP contribution is -2.38. The maximum Gasteiger partial charge on any atom is 0.303 e. The third-order valence-electron chi connectivity index (χ3n) is 6.32. The van der Waals surface area contributed by atoms with Gasteiger partial charge in [-0.2, -0.15) is 0 Å². The molecule has 1 aliphatic heterocycles. The van der Waals surface area contributed by atoms with E-state index in [-0.39, 0.29) is 24.7 Å². The Morgan fingerprint density at radius 1 is 1.05 bits per heavy atom. The quantitative estimate of drug-likeness (QED) is 0.289. The fourth-order valence-corrected chi connectivity index (χ4v) is 5.21. The first-order valence-electron chi connectivity index (χ1n) is 12.5. The van der Waals surface area contributed by atoms with E-state index >= 15 is 0 Å². The van der Waals surface area contributed by atoms with Gasteiger partial charge in [-0.05, 0) is 42.3 Å². The first kappa shape index (κ1) is 27.8. The monoisotopic (exact) mass is 536 g/mol. The summed E-state index contributed by atoms with van der Waals surface area (Å²) in [6.45, 7) is 4.89. The van der Waals surface area contributed by atoms with E-state index in [9.17, 15) is 14.7 Å². The molecule has 1 aromatic heterocycles. The minimum Gasteiger partial charge on any atom is -0.453 e. The van der Waals surface area contributed by atoms with Gasteiger partial charge in [-0.1, -0.05) is 49.4 Å². The van der Waals surface area contributed by atoms with Gasteiger partial charge in [-0.15, -0.1) is 11.8 Å². The summed E-state index contributed by atoms with van der Waals surface area (Å²) in [6.07, 6.45) is -0.0769. The van der Waals surface area contributed by atoms with Gasteiger partial charge in [-0.25, -0.2) is 4.98 Å². The number of carbonyl (C=O) groups is 2. The molecule has 9 heteroatoms. The van der Waals surface area contributed by atoms with Crippen LogP contribution in [0.15, 0.2) is 78.0 Å². The summed E-state index contributed by atoms with van der Waals surface area (Å²) in [4.78, 5) is 27.8. The van der Waals surface area contributed by atoms with Crippen molar-refractivity contribution in [3.63, 3.8) is 0 Å². The average molecular weight is 537 g/mol. The molecular formula is C29H32N2O6S. The van der Waals surface area contributed by atoms with E-state index in [1.165, 1.54) is 13.8 Å². The minimum atomic E-state index is -0.894. The molecule has 5 atom stereocenters. The van der Waals surface area contributed by atoms with Crippen LogP contribution in [0.5, 0.6) is 0 Å². The molecule has 3 aromatic rings. The van der Waals surface area contributed by atoms with Gasteiger partial charge in [0.2, 0.25) is 0 Å². The lowest BCUT2D eigenvalue weighted by molar-refractivity contribution is -0.268. The number of aromatic nitrogens is 1. The van der Waals surface area contributed by atoms with Crippen molar-refractivity contribution in [1.82, 2.24) is 4.98 Å². The molecule has 1 aliphatic rings. The molecule has 1 fully saturated rings. The Kier molecular flexibility index (Phi) is 9.52. The number of anilines is 1. The number of ether oxygens (including phenoxy) is 3. The number of esters is 1. The molecule has 1 amide bonds. The number of nitrogens with zero attached hydrogens (tertiary/aromatic N) is 1. The van der Waals surface area contributed by atoms with E-state index in [1.54, 1.807) is 30.1 Å². The van der Waals surface area contributed by atoms with Crippen molar-refractivity contribution in [2.45, 2.75) is 57.0 Å². The van der Waals surface area contributed by atoms with Crippen molar-refractivity contribution in [1.29, 1.82) is 0 Å². The van der Waals surface area contributed by atoms with Crippen LogP contribution >= 0.6 is 11.8 Å². The molecule has 2 heterocycles. The third-order valence-corrected chi connectivity index (χ3v) is 7.35. The van der Waals surface area contributed by atoms with E-state index in [1.807, 2.05) is 54.6 Å². The summed E-state index contributed by atoms with van der Waals surface area (Å²) in [6, 6.07) is 20.8. The Morgan fingerprint density at radius 3 is 2.39 bits per heavy atom. The van der Waals surface area contributed by atoms with Crippen LogP contribution in [0.2, 0.25) is 0 Å². The molecule has 200 valence electrons. The molecule has 8 nitrogen and oxygen atoms in total. The van der Waals surface area contributed by atoms with Crippen molar-refractivity contribution < 1.29 is 28.9 Å². The van der Waals surface area contributed by atoms with Gasteiger partial charge in [0.25, 0.3) is 5.91 Å². The zero-order valence-electron chi connectivity index (χ0n) is 21.6. The number of amides is 1. The van der Waals surface area contributed by atoms with E-state index in [4.69, 9.17) is 14.2 Å². The number of aliphatic hydroxyl groups excluding tert-OH is 1. The zero-order valence-corrected chi connectivity index (χ0v) is 22.4. The summed E-state index contributed by atoms with van der Waals surface area (Å²) in [7, 11) is 0. The summed E-state index contributed by atoms with van der Waals surface area (Å²) >= 11 is 1.64. The smallest absolute Gasteiger partial charge is 0.303 e. The van der Waals surface area contributed by atoms with E-state index in [0.29, 0.717) is 11.4 Å². The molecule has 1 saturated heterocycles. The molecule has 2 N–H and O–H groups in total. The number of hydrogen-bond donors (Lipinski definition) is 2. The predicted molar refractivity (Wildman–Crippen MR) is 144 cm³/mol. The van der Waals surface area contributed by atoms with Crippen molar-refractivity contribution in [3.8, 4) is 0 Å². The van der Waals surface area contributed by atoms with Gasteiger partial charge < -0.3 is 24.6 Å². The van der Waals surface area contributed by atoms with Gasteiger partial charge in [-0.3, -0.25) is 9.59 Å². The summed E-state index contributed by atoms with van der Waals surface area (Å²) in [5.74, 6) is -0.167. The van der Waals surface area contributed by atoms with Crippen molar-refractivity contribution >= 4 is 29.3 Å². The Morgan fingerprint density at radius 2 is 1.76 bits per heavy atom. The Hall–Kier alpha value is -3.24. The second kappa shape index (κ2) is 13.0. The van der Waals surface area contributed by atoms with E-state index in [0.717, 1.165) is 21.7 Å². The molecule has 0 saturated carbocycles. The summed E-state index contributed by atoms with van der Waals surface area (Å²) in [5, 5.41) is 13.1. The maximum atomic E-state index is 12.3. The number of thioether (sulfide) groups is 1. The van der Waals surface area contributed by atoms with Gasteiger partial charge >= 0.3 is 5.97 Å². The Bertz CT molecular complexity index is 1210. The minimum absolute atomic E-state index is 0.0149. The highest BCUT2D eigenvalue weighted by Gasteiger charge is 2.38. The van der Waals surface area contributed by atoms with Crippen LogP contribution in [-0.2, 0) is 30.4 Å². The Balaban J connectivity index is 1.51. The fraction of sp³-hybridized carbons (Fsp3) is 0.345. The maximum absolute atomic E-state index is 12.3. The van der Waals surface area contributed by atoms with Crippen LogP contribution in [0.1, 0.15) is 49.9 Å². The SMILES string of the molecule is CC(=O)OC(C)C(=O)Nc1ccc(C2OC(CSc3ccccn3)C(C)C(c3ccc(CO)cc3)O2)cc1. The van der Waals surface area contributed by atoms with Crippen molar-refractivity contribution in [3.05, 3.63) is 89.6 Å². The lowest BCUT2D eigenvalue weighted by Gasteiger charge is -2.41. The largest absolute Gasteiger partial charge is 0.453 e. The third kappa shape index (κ3) is 7.20. The van der Waals surface area contributed by atoms with Crippen LogP contribution in [-0.4, -0.2) is 39.9 Å². The molecule has 0 spiro atoms. The van der Waals surface area contributed by atoms with Crippen LogP contribution in [0.3, 0.4) is 0 Å². The molecule has 0 bridgehead atoms. The van der Waals surface area contributed by atoms with Gasteiger partial charge in [0, 0.05) is 36.0 Å². The van der Waals surface area contributed by atoms with Crippen LogP contribution in [0, 0.1) is 5.92 Å². The van der Waals surface area contributed by atoms with Crippen molar-refractivity contribution in [2.75, 3.05) is 11.1 Å². The number of benzene rings is 2. The Labute approximate surface area is 226 Å². The summed E-state index contributed by atoms with van der Waals surface area (Å²) < 4.78 is 17.9. The van der Waals surface area contributed by atoms with Gasteiger partial charge in [0.1, 0.15) is 0 Å². The van der Waals surface area contributed by atoms with Crippen LogP contribution in [0.4, 0.5) is 5.69 Å². The number of pyridine rings is 1. The molecular weight excluding hydrogens is 504 g/mol. The average Bonchev–Trinajstić information content (AvgIpc) is 2.93. The van der Waals surface area contributed by atoms with Crippen LogP contribution in [0.25, 0.3) is 0 Å². The van der Waals surface area contributed by atoms with Crippen molar-refractivity contribution in [2.24, 2.45) is 5.92 Å². The number of carbonyl (C=O) groups excluding carboxylic acids is 2. The molecule has 2 aromatic carbocycles. The number of rotatable bonds is 9. The normalized spacial score (nSPS) is 21.9. The second-order valence-electron chi connectivity index (χ2n) is 9.16. The van der Waals surface area contributed by atoms with E-state index < -0.39 is 24.3 Å². The highest BCUT2D eigenvalue weighted by atomic mass is 32.2. The molecule has 4 rings (SSSR count). The first-order chi connectivity index (χ1) is 18.3.